The number of amides is 3. The molecule has 0 bridgehead atoms. The molecule has 0 aliphatic carbocycles. The molecule has 2 aliphatic rings. The lowest BCUT2D eigenvalue weighted by molar-refractivity contribution is -0.149. The van der Waals surface area contributed by atoms with Crippen molar-refractivity contribution in [2.24, 2.45) is 5.92 Å². The van der Waals surface area contributed by atoms with Gasteiger partial charge in [-0.3, -0.25) is 14.4 Å². The van der Waals surface area contributed by atoms with Gasteiger partial charge in [-0.25, -0.2) is 0 Å². The van der Waals surface area contributed by atoms with Gasteiger partial charge in [-0.2, -0.15) is 0 Å². The largest absolute Gasteiger partial charge is 0.497 e. The molecule has 1 spiro atoms. The number of rotatable bonds is 17. The minimum Gasteiger partial charge on any atom is -0.497 e. The first-order chi connectivity index (χ1) is 30.3. The molecule has 3 heterocycles. The number of hydrogen-bond acceptors (Lipinski definition) is 6. The fraction of sp³-hybridized carbons (Fsp3) is 0.365. The number of H-pyrrole nitrogens is 1. The van der Waals surface area contributed by atoms with Gasteiger partial charge in [-0.15, -0.1) is 0 Å². The van der Waals surface area contributed by atoms with Gasteiger partial charge in [0, 0.05) is 53.9 Å². The van der Waals surface area contributed by atoms with Crippen molar-refractivity contribution in [3.8, 4) is 5.75 Å². The third-order valence-corrected chi connectivity index (χ3v) is 17.5. The molecule has 1 saturated heterocycles. The highest BCUT2D eigenvalue weighted by Crippen LogP contribution is 2.60. The van der Waals surface area contributed by atoms with Crippen molar-refractivity contribution in [3.63, 3.8) is 0 Å². The molecule has 3 N–H and O–H groups in total. The summed E-state index contributed by atoms with van der Waals surface area (Å²) in [6.45, 7) is 13.7. The van der Waals surface area contributed by atoms with Gasteiger partial charge in [0.1, 0.15) is 5.75 Å². The maximum atomic E-state index is 15.5. The molecule has 5 aromatic rings. The van der Waals surface area contributed by atoms with Gasteiger partial charge < -0.3 is 34.7 Å². The fourth-order valence-electron chi connectivity index (χ4n) is 9.88. The minimum absolute atomic E-state index is 0.0310. The van der Waals surface area contributed by atoms with Crippen molar-refractivity contribution in [3.05, 3.63) is 143 Å². The summed E-state index contributed by atoms with van der Waals surface area (Å²) in [5.41, 5.74) is 5.63. The molecular formula is C52H62N4O6Si. The van der Waals surface area contributed by atoms with Crippen molar-refractivity contribution in [2.45, 2.75) is 90.3 Å². The maximum Gasteiger partial charge on any atom is 0.264 e. The summed E-state index contributed by atoms with van der Waals surface area (Å²) in [6, 6.07) is 31.5. The number of aliphatic hydroxyl groups is 1. The molecule has 330 valence electrons. The molecule has 4 aromatic carbocycles. The summed E-state index contributed by atoms with van der Waals surface area (Å²) < 4.78 is 12.9. The number of benzene rings is 4. The SMILES string of the molecule is COc1ccc([Si](C)(C)[C@H]2[C@H](CC(=O)N(CCO)Cc3ccccc3)O[C@@]3(C(=O)N(C/C=C(\C)CCC=C(C)C)c4ccc(NC(=O)Cc5c[nH]c6ccccc56)cc43)[C@@H]2C)cc1. The number of aliphatic hydroxyl groups excluding tert-OH is 1. The van der Waals surface area contributed by atoms with E-state index in [1.165, 1.54) is 11.1 Å². The van der Waals surface area contributed by atoms with Crippen molar-refractivity contribution in [1.29, 1.82) is 0 Å². The zero-order valence-electron chi connectivity index (χ0n) is 37.7. The van der Waals surface area contributed by atoms with Crippen LogP contribution in [0.4, 0.5) is 11.4 Å². The number of hydrogen-bond donors (Lipinski definition) is 3. The van der Waals surface area contributed by atoms with Crippen molar-refractivity contribution in [2.75, 3.05) is 37.0 Å². The molecule has 3 amide bonds. The molecule has 0 saturated carbocycles. The predicted molar refractivity (Wildman–Crippen MR) is 255 cm³/mol. The van der Waals surface area contributed by atoms with E-state index < -0.39 is 19.8 Å². The van der Waals surface area contributed by atoms with Gasteiger partial charge in [-0.05, 0) is 86.7 Å². The van der Waals surface area contributed by atoms with Crippen LogP contribution in [0.25, 0.3) is 10.9 Å². The van der Waals surface area contributed by atoms with E-state index in [1.807, 2.05) is 96.0 Å². The van der Waals surface area contributed by atoms with E-state index in [-0.39, 0.29) is 55.2 Å². The zero-order valence-corrected chi connectivity index (χ0v) is 38.7. The van der Waals surface area contributed by atoms with Gasteiger partial charge >= 0.3 is 0 Å². The number of anilines is 2. The number of aromatic amines is 1. The molecule has 1 aromatic heterocycles. The molecule has 11 heteroatoms. The van der Waals surface area contributed by atoms with E-state index in [4.69, 9.17) is 9.47 Å². The highest BCUT2D eigenvalue weighted by molar-refractivity contribution is 6.91. The van der Waals surface area contributed by atoms with Gasteiger partial charge in [0.05, 0.1) is 46.4 Å². The lowest BCUT2D eigenvalue weighted by Crippen LogP contribution is -2.52. The maximum absolute atomic E-state index is 15.5. The number of fused-ring (bicyclic) bond motifs is 3. The summed E-state index contributed by atoms with van der Waals surface area (Å²) in [5.74, 6) is -0.112. The number of ether oxygens (including phenoxy) is 2. The predicted octanol–water partition coefficient (Wildman–Crippen LogP) is 9.02. The Balaban J connectivity index is 1.29. The second kappa shape index (κ2) is 19.3. The van der Waals surface area contributed by atoms with Gasteiger partial charge in [0.2, 0.25) is 11.8 Å². The Morgan fingerprint density at radius 2 is 1.71 bits per heavy atom. The first kappa shape index (κ1) is 45.3. The van der Waals surface area contributed by atoms with Crippen LogP contribution < -0.4 is 20.1 Å². The molecule has 1 fully saturated rings. The molecule has 7 rings (SSSR count). The number of nitrogens with one attached hydrogen (secondary N) is 2. The molecule has 4 atom stereocenters. The molecular weight excluding hydrogens is 805 g/mol. The third-order valence-electron chi connectivity index (χ3n) is 13.2. The quantitative estimate of drug-likeness (QED) is 0.0634. The molecule has 10 nitrogen and oxygen atoms in total. The Bertz CT molecular complexity index is 2490. The van der Waals surface area contributed by atoms with Gasteiger partial charge in [0.25, 0.3) is 5.91 Å². The van der Waals surface area contributed by atoms with Crippen LogP contribution in [0.15, 0.2) is 127 Å². The highest BCUT2D eigenvalue weighted by Gasteiger charge is 2.66. The number of allylic oxidation sites excluding steroid dienone is 3. The molecule has 0 unspecified atom stereocenters. The van der Waals surface area contributed by atoms with Gasteiger partial charge in [-0.1, -0.05) is 109 Å². The Kier molecular flexibility index (Phi) is 13.9. The summed E-state index contributed by atoms with van der Waals surface area (Å²) in [6.07, 6.45) is 7.59. The van der Waals surface area contributed by atoms with E-state index >= 15 is 4.79 Å². The normalized spacial score (nSPS) is 19.7. The monoisotopic (exact) mass is 866 g/mol. The van der Waals surface area contributed by atoms with E-state index in [1.54, 1.807) is 12.0 Å². The minimum atomic E-state index is -2.59. The Morgan fingerprint density at radius 1 is 0.984 bits per heavy atom. The zero-order chi connectivity index (χ0) is 44.9. The smallest absolute Gasteiger partial charge is 0.264 e. The third kappa shape index (κ3) is 9.46. The first-order valence-corrected chi connectivity index (χ1v) is 25.2. The summed E-state index contributed by atoms with van der Waals surface area (Å²) >= 11 is 0. The fourth-order valence-corrected chi connectivity index (χ4v) is 13.9. The summed E-state index contributed by atoms with van der Waals surface area (Å²) in [5, 5.41) is 15.4. The number of carbonyl (C=O) groups excluding carboxylic acids is 3. The average Bonchev–Trinajstić information content (AvgIpc) is 3.88. The van der Waals surface area contributed by atoms with Crippen LogP contribution >= 0.6 is 0 Å². The Hall–Kier alpha value is -5.75. The van der Waals surface area contributed by atoms with E-state index in [0.29, 0.717) is 24.3 Å². The van der Waals surface area contributed by atoms with Crippen molar-refractivity contribution < 1.29 is 29.0 Å². The number of nitrogens with zero attached hydrogens (tertiary/aromatic N) is 2. The topological polar surface area (TPSA) is 124 Å². The summed E-state index contributed by atoms with van der Waals surface area (Å²) in [4.78, 5) is 50.6. The van der Waals surface area contributed by atoms with Crippen LogP contribution in [0.2, 0.25) is 18.6 Å². The van der Waals surface area contributed by atoms with Gasteiger partial charge in [0.15, 0.2) is 5.60 Å². The van der Waals surface area contributed by atoms with Crippen molar-refractivity contribution in [1.82, 2.24) is 9.88 Å². The molecule has 2 aliphatic heterocycles. The van der Waals surface area contributed by atoms with Crippen LogP contribution in [0.3, 0.4) is 0 Å². The van der Waals surface area contributed by atoms with Crippen LogP contribution in [0, 0.1) is 5.92 Å². The highest BCUT2D eigenvalue weighted by atomic mass is 28.3. The lowest BCUT2D eigenvalue weighted by Gasteiger charge is -2.37. The van der Waals surface area contributed by atoms with E-state index in [2.05, 4.69) is 75.4 Å². The Labute approximate surface area is 373 Å². The second-order valence-electron chi connectivity index (χ2n) is 18.0. The number of methoxy groups -OCH3 is 1. The summed E-state index contributed by atoms with van der Waals surface area (Å²) in [7, 11) is -0.940. The number of carbonyl (C=O) groups is 3. The lowest BCUT2D eigenvalue weighted by atomic mass is 9.82. The molecule has 63 heavy (non-hydrogen) atoms. The first-order valence-electron chi connectivity index (χ1n) is 22.1. The van der Waals surface area contributed by atoms with E-state index in [0.717, 1.165) is 51.5 Å². The average molecular weight is 867 g/mol. The molecule has 0 radical (unpaired) electrons. The van der Waals surface area contributed by atoms with Crippen LogP contribution in [-0.2, 0) is 37.7 Å². The van der Waals surface area contributed by atoms with Crippen molar-refractivity contribution >= 4 is 53.3 Å². The Morgan fingerprint density at radius 3 is 2.43 bits per heavy atom. The van der Waals surface area contributed by atoms with Crippen LogP contribution in [0.1, 0.15) is 63.6 Å². The second-order valence-corrected chi connectivity index (χ2v) is 22.7. The number of para-hydroxylation sites is 1. The number of aromatic nitrogens is 1. The standard InChI is InChI=1S/C52H62N4O6Si/c1-35(2)14-13-15-36(3)26-27-56-46-25-20-40(54-48(58)30-39-33-53-45-19-12-11-18-43(39)45)31-44(46)52(51(56)60)37(4)50(63(6,7)42-23-21-41(61-5)22-24-42)47(62-52)32-49(59)55(28-29-57)34-38-16-9-8-10-17-38/h8-12,14,16-26,31,33,37,47,50,53,57H,13,15,27-30,32,34H2,1-7H3,(H,54,58)/b36-26+/t37-,47+,50-,52+/m1/s1. The van der Waals surface area contributed by atoms with Crippen LogP contribution in [-0.4, -0.2) is 73.7 Å². The van der Waals surface area contributed by atoms with Crippen LogP contribution in [0.5, 0.6) is 5.75 Å². The van der Waals surface area contributed by atoms with E-state index in [9.17, 15) is 14.7 Å².